The number of H-pyrrole nitrogens is 1. The van der Waals surface area contributed by atoms with Crippen molar-refractivity contribution in [1.29, 1.82) is 0 Å². The van der Waals surface area contributed by atoms with Crippen molar-refractivity contribution in [2.75, 3.05) is 13.1 Å². The first-order valence-electron chi connectivity index (χ1n) is 10.5. The van der Waals surface area contributed by atoms with E-state index in [9.17, 15) is 9.59 Å². The van der Waals surface area contributed by atoms with Crippen LogP contribution in [0.2, 0.25) is 0 Å². The van der Waals surface area contributed by atoms with Crippen molar-refractivity contribution in [3.05, 3.63) is 40.5 Å². The lowest BCUT2D eigenvalue weighted by Gasteiger charge is -2.35. The van der Waals surface area contributed by atoms with Gasteiger partial charge < -0.3 is 10.2 Å². The largest absolute Gasteiger partial charge is 0.348 e. The van der Waals surface area contributed by atoms with Gasteiger partial charge in [0.15, 0.2) is 0 Å². The maximum Gasteiger partial charge on any atom is 0.269 e. The molecule has 4 rings (SSSR count). The first-order valence-corrected chi connectivity index (χ1v) is 11.3. The van der Waals surface area contributed by atoms with E-state index >= 15 is 0 Å². The van der Waals surface area contributed by atoms with E-state index in [4.69, 9.17) is 0 Å². The number of nitrogens with one attached hydrogen (secondary N) is 2. The zero-order valence-electron chi connectivity index (χ0n) is 16.5. The highest BCUT2D eigenvalue weighted by Gasteiger charge is 2.29. The van der Waals surface area contributed by atoms with Crippen molar-refractivity contribution < 1.29 is 9.59 Å². The quantitative estimate of drug-likeness (QED) is 0.722. The minimum absolute atomic E-state index is 0.0948. The van der Waals surface area contributed by atoms with Crippen LogP contribution in [0.15, 0.2) is 34.8 Å². The summed E-state index contributed by atoms with van der Waals surface area (Å²) in [6, 6.07) is 9.69. The van der Waals surface area contributed by atoms with Crippen LogP contribution in [0.25, 0.3) is 11.3 Å². The molecule has 0 bridgehead atoms. The molecule has 1 aliphatic carbocycles. The monoisotopic (exact) mass is 458 g/mol. The molecule has 0 radical (unpaired) electrons. The average molecular weight is 459 g/mol. The number of hydrogen-bond donors (Lipinski definition) is 2. The van der Waals surface area contributed by atoms with Crippen molar-refractivity contribution in [3.8, 4) is 11.3 Å². The van der Waals surface area contributed by atoms with E-state index in [1.165, 1.54) is 19.3 Å². The van der Waals surface area contributed by atoms with Gasteiger partial charge in [-0.3, -0.25) is 14.7 Å². The van der Waals surface area contributed by atoms with Gasteiger partial charge in [0.05, 0.1) is 5.69 Å². The fourth-order valence-electron chi connectivity index (χ4n) is 4.32. The Bertz CT molecular complexity index is 850. The zero-order valence-corrected chi connectivity index (χ0v) is 18.1. The SMILES string of the molecule is O=C(NC1CCN(C(=O)C2CCCCC2)CC1)c1cc(-c2ccc(Br)cc2)n[nH]1. The van der Waals surface area contributed by atoms with E-state index in [2.05, 4.69) is 31.4 Å². The third-order valence-corrected chi connectivity index (χ3v) is 6.59. The molecular weight excluding hydrogens is 432 g/mol. The number of hydrogen-bond acceptors (Lipinski definition) is 3. The molecule has 6 nitrogen and oxygen atoms in total. The highest BCUT2D eigenvalue weighted by atomic mass is 79.9. The first-order chi connectivity index (χ1) is 14.1. The number of amides is 2. The lowest BCUT2D eigenvalue weighted by Crippen LogP contribution is -2.48. The van der Waals surface area contributed by atoms with Crippen LogP contribution in [0.4, 0.5) is 0 Å². The number of halogens is 1. The molecule has 0 spiro atoms. The van der Waals surface area contributed by atoms with Gasteiger partial charge in [0.25, 0.3) is 5.91 Å². The Hall–Kier alpha value is -2.15. The first kappa shape index (κ1) is 20.1. The van der Waals surface area contributed by atoms with E-state index in [1.807, 2.05) is 29.2 Å². The molecule has 2 fully saturated rings. The van der Waals surface area contributed by atoms with Crippen LogP contribution in [0.3, 0.4) is 0 Å². The molecule has 0 atom stereocenters. The van der Waals surface area contributed by atoms with Crippen molar-refractivity contribution in [1.82, 2.24) is 20.4 Å². The average Bonchev–Trinajstić information content (AvgIpc) is 3.25. The van der Waals surface area contributed by atoms with Crippen LogP contribution in [0, 0.1) is 5.92 Å². The minimum atomic E-state index is -0.141. The molecule has 7 heteroatoms. The van der Waals surface area contributed by atoms with Crippen LogP contribution < -0.4 is 5.32 Å². The normalized spacial score (nSPS) is 18.6. The summed E-state index contributed by atoms with van der Waals surface area (Å²) in [6.45, 7) is 1.46. The van der Waals surface area contributed by atoms with E-state index in [-0.39, 0.29) is 17.9 Å². The highest BCUT2D eigenvalue weighted by molar-refractivity contribution is 9.10. The van der Waals surface area contributed by atoms with Crippen LogP contribution in [0.1, 0.15) is 55.4 Å². The lowest BCUT2D eigenvalue weighted by molar-refractivity contribution is -0.137. The van der Waals surface area contributed by atoms with Gasteiger partial charge in [-0.05, 0) is 43.9 Å². The van der Waals surface area contributed by atoms with Crippen LogP contribution in [0.5, 0.6) is 0 Å². The molecule has 1 saturated carbocycles. The lowest BCUT2D eigenvalue weighted by atomic mass is 9.87. The molecule has 1 aromatic carbocycles. The Morgan fingerprint density at radius 1 is 1.03 bits per heavy atom. The van der Waals surface area contributed by atoms with Crippen LogP contribution in [-0.4, -0.2) is 46.0 Å². The van der Waals surface area contributed by atoms with E-state index in [1.54, 1.807) is 6.07 Å². The topological polar surface area (TPSA) is 78.1 Å². The minimum Gasteiger partial charge on any atom is -0.348 e. The molecular formula is C22H27BrN4O2. The van der Waals surface area contributed by atoms with Gasteiger partial charge in [-0.1, -0.05) is 47.3 Å². The summed E-state index contributed by atoms with van der Waals surface area (Å²) < 4.78 is 1.00. The number of carbonyl (C=O) groups is 2. The van der Waals surface area contributed by atoms with Gasteiger partial charge >= 0.3 is 0 Å². The summed E-state index contributed by atoms with van der Waals surface area (Å²) >= 11 is 3.42. The van der Waals surface area contributed by atoms with Gasteiger partial charge in [-0.15, -0.1) is 0 Å². The number of benzene rings is 1. The molecule has 29 heavy (non-hydrogen) atoms. The van der Waals surface area contributed by atoms with Gasteiger partial charge in [0.1, 0.15) is 5.69 Å². The van der Waals surface area contributed by atoms with Gasteiger partial charge in [0.2, 0.25) is 5.91 Å². The van der Waals surface area contributed by atoms with Crippen molar-refractivity contribution in [2.24, 2.45) is 5.92 Å². The molecule has 2 N–H and O–H groups in total. The molecule has 2 amide bonds. The fraction of sp³-hybridized carbons (Fsp3) is 0.500. The number of likely N-dealkylation sites (tertiary alicyclic amines) is 1. The van der Waals surface area contributed by atoms with Crippen molar-refractivity contribution in [3.63, 3.8) is 0 Å². The second-order valence-electron chi connectivity index (χ2n) is 8.08. The van der Waals surface area contributed by atoms with E-state index < -0.39 is 0 Å². The standard InChI is InChI=1S/C22H27BrN4O2/c23-17-8-6-15(7-9-17)19-14-20(26-25-19)21(28)24-18-10-12-27(13-11-18)22(29)16-4-2-1-3-5-16/h6-9,14,16,18H,1-5,10-13H2,(H,24,28)(H,25,26). The Morgan fingerprint density at radius 3 is 2.41 bits per heavy atom. The van der Waals surface area contributed by atoms with Crippen LogP contribution in [-0.2, 0) is 4.79 Å². The second kappa shape index (κ2) is 9.11. The number of nitrogens with zero attached hydrogens (tertiary/aromatic N) is 2. The summed E-state index contributed by atoms with van der Waals surface area (Å²) in [7, 11) is 0. The van der Waals surface area contributed by atoms with E-state index in [0.717, 1.165) is 54.5 Å². The predicted octanol–water partition coefficient (Wildman–Crippen LogP) is 4.14. The predicted molar refractivity (Wildman–Crippen MR) is 115 cm³/mol. The summed E-state index contributed by atoms with van der Waals surface area (Å²) in [5, 5.41) is 10.2. The molecule has 2 heterocycles. The number of carbonyl (C=O) groups excluding carboxylic acids is 2. The fourth-order valence-corrected chi connectivity index (χ4v) is 4.59. The number of aromatic amines is 1. The van der Waals surface area contributed by atoms with Gasteiger partial charge in [-0.25, -0.2) is 0 Å². The number of piperidine rings is 1. The number of rotatable bonds is 4. The Morgan fingerprint density at radius 2 is 1.72 bits per heavy atom. The number of aromatic nitrogens is 2. The third kappa shape index (κ3) is 4.89. The summed E-state index contributed by atoms with van der Waals surface area (Å²) in [5.41, 5.74) is 2.16. The Kier molecular flexibility index (Phi) is 6.33. The van der Waals surface area contributed by atoms with Crippen LogP contribution >= 0.6 is 15.9 Å². The van der Waals surface area contributed by atoms with Crippen molar-refractivity contribution in [2.45, 2.75) is 51.0 Å². The Balaban J connectivity index is 1.29. The molecule has 154 valence electrons. The summed E-state index contributed by atoms with van der Waals surface area (Å²) in [5.74, 6) is 0.400. The molecule has 2 aromatic rings. The summed E-state index contributed by atoms with van der Waals surface area (Å²) in [4.78, 5) is 27.3. The van der Waals surface area contributed by atoms with Crippen molar-refractivity contribution >= 4 is 27.7 Å². The second-order valence-corrected chi connectivity index (χ2v) is 9.00. The third-order valence-electron chi connectivity index (χ3n) is 6.06. The molecule has 2 aliphatic rings. The molecule has 1 saturated heterocycles. The van der Waals surface area contributed by atoms with E-state index in [0.29, 0.717) is 11.6 Å². The zero-order chi connectivity index (χ0) is 20.2. The smallest absolute Gasteiger partial charge is 0.269 e. The van der Waals surface area contributed by atoms with Gasteiger partial charge in [0, 0.05) is 35.1 Å². The molecule has 0 unspecified atom stereocenters. The molecule has 1 aliphatic heterocycles. The highest BCUT2D eigenvalue weighted by Crippen LogP contribution is 2.27. The summed E-state index contributed by atoms with van der Waals surface area (Å²) in [6.07, 6.45) is 7.29. The maximum atomic E-state index is 12.7. The van der Waals surface area contributed by atoms with Gasteiger partial charge in [-0.2, -0.15) is 5.10 Å². The Labute approximate surface area is 179 Å². The maximum absolute atomic E-state index is 12.7. The molecule has 1 aromatic heterocycles.